The molecule has 0 fully saturated rings. The summed E-state index contributed by atoms with van der Waals surface area (Å²) >= 11 is 0. The van der Waals surface area contributed by atoms with E-state index < -0.39 is 11.0 Å². The third kappa shape index (κ3) is 2.67. The SMILES string of the molecule is Cc1cc(C(N)c2ccc(F)cc2)cc([N+](=O)[O-])c1C. The van der Waals surface area contributed by atoms with Gasteiger partial charge in [0, 0.05) is 11.6 Å². The predicted octanol–water partition coefficient (Wildman–Crippen LogP) is 3.40. The Kier molecular flexibility index (Phi) is 3.81. The van der Waals surface area contributed by atoms with Crippen molar-refractivity contribution in [3.05, 3.63) is 74.6 Å². The van der Waals surface area contributed by atoms with Crippen LogP contribution < -0.4 is 5.73 Å². The number of nitrogens with zero attached hydrogens (tertiary/aromatic N) is 1. The van der Waals surface area contributed by atoms with Crippen LogP contribution in [0.3, 0.4) is 0 Å². The lowest BCUT2D eigenvalue weighted by atomic mass is 9.95. The molecule has 0 spiro atoms. The van der Waals surface area contributed by atoms with Gasteiger partial charge >= 0.3 is 0 Å². The average Bonchev–Trinajstić information content (AvgIpc) is 2.41. The predicted molar refractivity (Wildman–Crippen MR) is 75.0 cm³/mol. The molecule has 0 bridgehead atoms. The summed E-state index contributed by atoms with van der Waals surface area (Å²) in [5, 5.41) is 11.0. The minimum absolute atomic E-state index is 0.0533. The molecule has 0 saturated heterocycles. The lowest BCUT2D eigenvalue weighted by Gasteiger charge is -2.14. The van der Waals surface area contributed by atoms with Crippen molar-refractivity contribution < 1.29 is 9.31 Å². The molecule has 0 saturated carbocycles. The molecule has 2 N–H and O–H groups in total. The first kappa shape index (κ1) is 14.1. The maximum atomic E-state index is 12.9. The minimum Gasteiger partial charge on any atom is -0.320 e. The summed E-state index contributed by atoms with van der Waals surface area (Å²) in [6, 6.07) is 8.61. The van der Waals surface area contributed by atoms with Crippen LogP contribution in [0.4, 0.5) is 10.1 Å². The number of aryl methyl sites for hydroxylation is 1. The summed E-state index contributed by atoms with van der Waals surface area (Å²) in [5.41, 5.74) is 8.96. The van der Waals surface area contributed by atoms with Gasteiger partial charge in [-0.2, -0.15) is 0 Å². The average molecular weight is 274 g/mol. The Hall–Kier alpha value is -2.27. The van der Waals surface area contributed by atoms with Gasteiger partial charge in [0.25, 0.3) is 5.69 Å². The maximum Gasteiger partial charge on any atom is 0.272 e. The smallest absolute Gasteiger partial charge is 0.272 e. The molecular weight excluding hydrogens is 259 g/mol. The summed E-state index contributed by atoms with van der Waals surface area (Å²) in [6.07, 6.45) is 0. The van der Waals surface area contributed by atoms with Crippen molar-refractivity contribution in [1.82, 2.24) is 0 Å². The summed E-state index contributed by atoms with van der Waals surface area (Å²) in [4.78, 5) is 10.6. The Balaban J connectivity index is 2.47. The van der Waals surface area contributed by atoms with Gasteiger partial charge in [-0.05, 0) is 42.7 Å². The van der Waals surface area contributed by atoms with Crippen molar-refractivity contribution in [2.75, 3.05) is 0 Å². The van der Waals surface area contributed by atoms with Crippen LogP contribution in [-0.4, -0.2) is 4.92 Å². The number of hydrogen-bond acceptors (Lipinski definition) is 3. The monoisotopic (exact) mass is 274 g/mol. The van der Waals surface area contributed by atoms with Gasteiger partial charge in [-0.25, -0.2) is 4.39 Å². The van der Waals surface area contributed by atoms with Crippen molar-refractivity contribution in [1.29, 1.82) is 0 Å². The Morgan fingerprint density at radius 3 is 2.30 bits per heavy atom. The lowest BCUT2D eigenvalue weighted by molar-refractivity contribution is -0.385. The molecule has 0 aliphatic carbocycles. The maximum absolute atomic E-state index is 12.9. The highest BCUT2D eigenvalue weighted by molar-refractivity contribution is 5.49. The molecule has 1 atom stereocenters. The van der Waals surface area contributed by atoms with E-state index in [9.17, 15) is 14.5 Å². The molecule has 0 aromatic heterocycles. The van der Waals surface area contributed by atoms with E-state index in [0.717, 1.165) is 5.56 Å². The van der Waals surface area contributed by atoms with Gasteiger partial charge in [-0.15, -0.1) is 0 Å². The van der Waals surface area contributed by atoms with Crippen LogP contribution in [-0.2, 0) is 0 Å². The fourth-order valence-corrected chi connectivity index (χ4v) is 2.10. The van der Waals surface area contributed by atoms with Crippen molar-refractivity contribution >= 4 is 5.69 Å². The largest absolute Gasteiger partial charge is 0.320 e. The molecule has 0 amide bonds. The van der Waals surface area contributed by atoms with Crippen LogP contribution in [0.25, 0.3) is 0 Å². The number of nitrogens with two attached hydrogens (primary N) is 1. The van der Waals surface area contributed by atoms with Crippen molar-refractivity contribution in [2.24, 2.45) is 5.73 Å². The Labute approximate surface area is 116 Å². The second-order valence-electron chi connectivity index (χ2n) is 4.77. The van der Waals surface area contributed by atoms with Gasteiger partial charge < -0.3 is 5.73 Å². The van der Waals surface area contributed by atoms with Crippen LogP contribution in [0.1, 0.15) is 28.3 Å². The number of halogens is 1. The third-order valence-electron chi connectivity index (χ3n) is 3.45. The number of nitro groups is 1. The van der Waals surface area contributed by atoms with Crippen molar-refractivity contribution in [3.63, 3.8) is 0 Å². The number of benzene rings is 2. The fraction of sp³-hybridized carbons (Fsp3) is 0.200. The van der Waals surface area contributed by atoms with E-state index in [1.165, 1.54) is 18.2 Å². The Morgan fingerprint density at radius 1 is 1.15 bits per heavy atom. The molecule has 20 heavy (non-hydrogen) atoms. The van der Waals surface area contributed by atoms with E-state index in [2.05, 4.69) is 0 Å². The van der Waals surface area contributed by atoms with Crippen LogP contribution >= 0.6 is 0 Å². The summed E-state index contributed by atoms with van der Waals surface area (Å²) in [7, 11) is 0. The standard InChI is InChI=1S/C15H15FN2O2/c1-9-7-12(8-14(10(9)2)18(19)20)15(17)11-3-5-13(16)6-4-11/h3-8,15H,17H2,1-2H3. The summed E-state index contributed by atoms with van der Waals surface area (Å²) in [5.74, 6) is -0.341. The molecule has 0 aliphatic heterocycles. The van der Waals surface area contributed by atoms with Crippen LogP contribution in [0.2, 0.25) is 0 Å². The quantitative estimate of drug-likeness (QED) is 0.689. The number of rotatable bonds is 3. The highest BCUT2D eigenvalue weighted by atomic mass is 19.1. The highest BCUT2D eigenvalue weighted by Crippen LogP contribution is 2.28. The molecule has 2 aromatic carbocycles. The molecule has 1 unspecified atom stereocenters. The van der Waals surface area contributed by atoms with Gasteiger partial charge in [0.05, 0.1) is 11.0 Å². The van der Waals surface area contributed by atoms with Crippen molar-refractivity contribution in [3.8, 4) is 0 Å². The minimum atomic E-state index is -0.520. The molecule has 0 aliphatic rings. The zero-order chi connectivity index (χ0) is 14.9. The first-order chi connectivity index (χ1) is 9.40. The third-order valence-corrected chi connectivity index (χ3v) is 3.45. The first-order valence-corrected chi connectivity index (χ1v) is 6.16. The number of hydrogen-bond donors (Lipinski definition) is 1. The normalized spacial score (nSPS) is 12.2. The molecule has 4 nitrogen and oxygen atoms in total. The summed E-state index contributed by atoms with van der Waals surface area (Å²) < 4.78 is 12.9. The molecular formula is C15H15FN2O2. The van der Waals surface area contributed by atoms with Gasteiger partial charge in [0.2, 0.25) is 0 Å². The van der Waals surface area contributed by atoms with E-state index in [4.69, 9.17) is 5.73 Å². The highest BCUT2D eigenvalue weighted by Gasteiger charge is 2.18. The molecule has 2 aromatic rings. The first-order valence-electron chi connectivity index (χ1n) is 6.16. The topological polar surface area (TPSA) is 69.2 Å². The second-order valence-corrected chi connectivity index (χ2v) is 4.77. The zero-order valence-corrected chi connectivity index (χ0v) is 11.3. The molecule has 2 rings (SSSR count). The molecule has 5 heteroatoms. The molecule has 104 valence electrons. The fourth-order valence-electron chi connectivity index (χ4n) is 2.10. The summed E-state index contributed by atoms with van der Waals surface area (Å²) in [6.45, 7) is 3.52. The lowest BCUT2D eigenvalue weighted by Crippen LogP contribution is -2.13. The van der Waals surface area contributed by atoms with E-state index in [0.29, 0.717) is 16.7 Å². The number of nitro benzene ring substituents is 1. The van der Waals surface area contributed by atoms with Crippen molar-refractivity contribution in [2.45, 2.75) is 19.9 Å². The molecule has 0 heterocycles. The Bertz CT molecular complexity index is 654. The van der Waals surface area contributed by atoms with Gasteiger partial charge in [0.15, 0.2) is 0 Å². The van der Waals surface area contributed by atoms with Gasteiger partial charge in [-0.1, -0.05) is 18.2 Å². The second kappa shape index (κ2) is 5.38. The van der Waals surface area contributed by atoms with E-state index in [-0.39, 0.29) is 11.5 Å². The van der Waals surface area contributed by atoms with E-state index in [1.807, 2.05) is 13.0 Å². The van der Waals surface area contributed by atoms with Crippen LogP contribution in [0.15, 0.2) is 36.4 Å². The zero-order valence-electron chi connectivity index (χ0n) is 11.3. The Morgan fingerprint density at radius 2 is 1.75 bits per heavy atom. The van der Waals surface area contributed by atoms with Crippen LogP contribution in [0.5, 0.6) is 0 Å². The van der Waals surface area contributed by atoms with E-state index >= 15 is 0 Å². The molecule has 0 radical (unpaired) electrons. The van der Waals surface area contributed by atoms with E-state index in [1.54, 1.807) is 19.1 Å². The van der Waals surface area contributed by atoms with Crippen LogP contribution in [0, 0.1) is 29.8 Å². The van der Waals surface area contributed by atoms with Gasteiger partial charge in [-0.3, -0.25) is 10.1 Å². The van der Waals surface area contributed by atoms with Gasteiger partial charge in [0.1, 0.15) is 5.82 Å².